The van der Waals surface area contributed by atoms with Crippen LogP contribution in [0.25, 0.3) is 0 Å². The molecule has 0 saturated carbocycles. The predicted octanol–water partition coefficient (Wildman–Crippen LogP) is 1.64. The van der Waals surface area contributed by atoms with Crippen LogP contribution < -0.4 is 5.32 Å². The first-order valence-electron chi connectivity index (χ1n) is 6.91. The van der Waals surface area contributed by atoms with Crippen molar-refractivity contribution in [3.63, 3.8) is 0 Å². The molecular weight excluding hydrogens is 224 g/mol. The summed E-state index contributed by atoms with van der Waals surface area (Å²) >= 11 is 0. The smallest absolute Gasteiger partial charge is 0.0644 e. The second kappa shape index (κ2) is 5.41. The third-order valence-corrected chi connectivity index (χ3v) is 4.20. The Hall–Kier alpha value is -0.870. The third kappa shape index (κ3) is 2.75. The van der Waals surface area contributed by atoms with Gasteiger partial charge in [0.2, 0.25) is 0 Å². The molecule has 4 nitrogen and oxygen atoms in total. The molecule has 2 atom stereocenters. The Bertz CT molecular complexity index is 410. The van der Waals surface area contributed by atoms with Crippen LogP contribution >= 0.6 is 0 Å². The van der Waals surface area contributed by atoms with E-state index in [2.05, 4.69) is 43.1 Å². The Kier molecular flexibility index (Phi) is 4.07. The molecule has 1 aliphatic rings. The van der Waals surface area contributed by atoms with Crippen LogP contribution in [0.15, 0.2) is 0 Å². The summed E-state index contributed by atoms with van der Waals surface area (Å²) < 4.78 is 1.98. The standard InChI is InChI=1S/C14H26N4/c1-10(14-11(2)16-18(5)12(14)3)15-8-13-6-7-17(4)9-13/h10,13,15H,6-9H2,1-5H3. The van der Waals surface area contributed by atoms with Crippen LogP contribution in [0.4, 0.5) is 0 Å². The summed E-state index contributed by atoms with van der Waals surface area (Å²) in [4.78, 5) is 2.41. The van der Waals surface area contributed by atoms with Gasteiger partial charge < -0.3 is 10.2 Å². The number of aryl methyl sites for hydroxylation is 2. The number of hydrogen-bond acceptors (Lipinski definition) is 3. The first-order valence-corrected chi connectivity index (χ1v) is 6.91. The van der Waals surface area contributed by atoms with Crippen molar-refractivity contribution in [2.45, 2.75) is 33.2 Å². The first-order chi connectivity index (χ1) is 8.49. The maximum Gasteiger partial charge on any atom is 0.0644 e. The monoisotopic (exact) mass is 250 g/mol. The van der Waals surface area contributed by atoms with Crippen molar-refractivity contribution in [2.24, 2.45) is 13.0 Å². The average Bonchev–Trinajstić information content (AvgIpc) is 2.82. The lowest BCUT2D eigenvalue weighted by Gasteiger charge is -2.18. The highest BCUT2D eigenvalue weighted by Crippen LogP contribution is 2.21. The minimum atomic E-state index is 0.393. The first kappa shape index (κ1) is 13.6. The van der Waals surface area contributed by atoms with Crippen LogP contribution in [-0.2, 0) is 7.05 Å². The van der Waals surface area contributed by atoms with Crippen LogP contribution in [0.5, 0.6) is 0 Å². The van der Waals surface area contributed by atoms with E-state index in [9.17, 15) is 0 Å². The van der Waals surface area contributed by atoms with E-state index in [0.717, 1.165) is 18.2 Å². The zero-order valence-corrected chi connectivity index (χ0v) is 12.3. The normalized spacial score (nSPS) is 22.6. The van der Waals surface area contributed by atoms with Crippen molar-refractivity contribution in [1.29, 1.82) is 0 Å². The Morgan fingerprint density at radius 2 is 2.11 bits per heavy atom. The third-order valence-electron chi connectivity index (χ3n) is 4.20. The number of aromatic nitrogens is 2. The Morgan fingerprint density at radius 1 is 1.39 bits per heavy atom. The summed E-state index contributed by atoms with van der Waals surface area (Å²) in [5.74, 6) is 0.801. The van der Waals surface area contributed by atoms with Crippen molar-refractivity contribution in [1.82, 2.24) is 20.0 Å². The van der Waals surface area contributed by atoms with Gasteiger partial charge in [0, 0.05) is 30.9 Å². The fourth-order valence-electron chi connectivity index (χ4n) is 3.06. The summed E-state index contributed by atoms with van der Waals surface area (Å²) in [6.07, 6.45) is 1.32. The van der Waals surface area contributed by atoms with Gasteiger partial charge in [0.05, 0.1) is 5.69 Å². The molecule has 4 heteroatoms. The molecule has 2 heterocycles. The van der Waals surface area contributed by atoms with Gasteiger partial charge in [-0.25, -0.2) is 0 Å². The lowest BCUT2D eigenvalue weighted by molar-refractivity contribution is 0.381. The van der Waals surface area contributed by atoms with E-state index >= 15 is 0 Å². The maximum absolute atomic E-state index is 4.49. The lowest BCUT2D eigenvalue weighted by atomic mass is 10.0. The summed E-state index contributed by atoms with van der Waals surface area (Å²) in [5, 5.41) is 8.17. The van der Waals surface area contributed by atoms with Crippen LogP contribution in [0.2, 0.25) is 0 Å². The zero-order chi connectivity index (χ0) is 13.3. The zero-order valence-electron chi connectivity index (χ0n) is 12.3. The molecule has 1 aliphatic heterocycles. The topological polar surface area (TPSA) is 33.1 Å². The predicted molar refractivity (Wildman–Crippen MR) is 74.7 cm³/mol. The van der Waals surface area contributed by atoms with Gasteiger partial charge in [-0.15, -0.1) is 0 Å². The van der Waals surface area contributed by atoms with Gasteiger partial charge in [-0.3, -0.25) is 4.68 Å². The molecular formula is C14H26N4. The second-order valence-electron chi connectivity index (χ2n) is 5.75. The lowest BCUT2D eigenvalue weighted by Crippen LogP contribution is -2.28. The number of nitrogens with one attached hydrogen (secondary N) is 1. The van der Waals surface area contributed by atoms with Crippen molar-refractivity contribution < 1.29 is 0 Å². The molecule has 0 amide bonds. The molecule has 0 spiro atoms. The molecule has 0 aromatic carbocycles. The maximum atomic E-state index is 4.49. The van der Waals surface area contributed by atoms with E-state index in [-0.39, 0.29) is 0 Å². The highest BCUT2D eigenvalue weighted by Gasteiger charge is 2.21. The van der Waals surface area contributed by atoms with E-state index in [0.29, 0.717) is 6.04 Å². The summed E-state index contributed by atoms with van der Waals surface area (Å²) in [7, 11) is 4.23. The van der Waals surface area contributed by atoms with Gasteiger partial charge in [-0.1, -0.05) is 0 Å². The van der Waals surface area contributed by atoms with Crippen LogP contribution in [-0.4, -0.2) is 41.4 Å². The number of nitrogens with zero attached hydrogens (tertiary/aromatic N) is 3. The molecule has 2 unspecified atom stereocenters. The van der Waals surface area contributed by atoms with Crippen molar-refractivity contribution in [3.8, 4) is 0 Å². The summed E-state index contributed by atoms with van der Waals surface area (Å²) in [6.45, 7) is 10.1. The van der Waals surface area contributed by atoms with Crippen LogP contribution in [0, 0.1) is 19.8 Å². The fourth-order valence-corrected chi connectivity index (χ4v) is 3.06. The molecule has 102 valence electrons. The van der Waals surface area contributed by atoms with Gasteiger partial charge in [0.15, 0.2) is 0 Å². The minimum absolute atomic E-state index is 0.393. The van der Waals surface area contributed by atoms with E-state index in [1.54, 1.807) is 0 Å². The molecule has 1 fully saturated rings. The number of hydrogen-bond donors (Lipinski definition) is 1. The highest BCUT2D eigenvalue weighted by molar-refractivity contribution is 5.27. The fraction of sp³-hybridized carbons (Fsp3) is 0.786. The molecule has 2 rings (SSSR count). The second-order valence-corrected chi connectivity index (χ2v) is 5.75. The van der Waals surface area contributed by atoms with Crippen LogP contribution in [0.1, 0.15) is 36.3 Å². The molecule has 0 radical (unpaired) electrons. The Morgan fingerprint density at radius 3 is 2.61 bits per heavy atom. The van der Waals surface area contributed by atoms with Crippen molar-refractivity contribution in [2.75, 3.05) is 26.7 Å². The molecule has 1 saturated heterocycles. The molecule has 1 aromatic heterocycles. The Labute approximate surface area is 110 Å². The quantitative estimate of drug-likeness (QED) is 0.882. The van der Waals surface area contributed by atoms with Crippen LogP contribution in [0.3, 0.4) is 0 Å². The molecule has 0 bridgehead atoms. The number of likely N-dealkylation sites (tertiary alicyclic amines) is 1. The Balaban J connectivity index is 1.93. The molecule has 0 aliphatic carbocycles. The van der Waals surface area contributed by atoms with Gasteiger partial charge in [0.1, 0.15) is 0 Å². The van der Waals surface area contributed by atoms with E-state index in [1.807, 2.05) is 11.7 Å². The largest absolute Gasteiger partial charge is 0.310 e. The molecule has 18 heavy (non-hydrogen) atoms. The molecule has 1 N–H and O–H groups in total. The van der Waals surface area contributed by atoms with Gasteiger partial charge in [-0.2, -0.15) is 5.10 Å². The van der Waals surface area contributed by atoms with E-state index in [4.69, 9.17) is 0 Å². The van der Waals surface area contributed by atoms with E-state index in [1.165, 1.54) is 30.8 Å². The molecule has 1 aromatic rings. The minimum Gasteiger partial charge on any atom is -0.310 e. The highest BCUT2D eigenvalue weighted by atomic mass is 15.3. The average molecular weight is 250 g/mol. The number of rotatable bonds is 4. The van der Waals surface area contributed by atoms with Gasteiger partial charge >= 0.3 is 0 Å². The summed E-state index contributed by atoms with van der Waals surface area (Å²) in [5.41, 5.74) is 3.79. The van der Waals surface area contributed by atoms with Gasteiger partial charge in [-0.05, 0) is 53.2 Å². The van der Waals surface area contributed by atoms with Crippen molar-refractivity contribution in [3.05, 3.63) is 17.0 Å². The SMILES string of the molecule is Cc1nn(C)c(C)c1C(C)NCC1CCN(C)C1. The van der Waals surface area contributed by atoms with Crippen molar-refractivity contribution >= 4 is 0 Å². The van der Waals surface area contributed by atoms with Gasteiger partial charge in [0.25, 0.3) is 0 Å². The van der Waals surface area contributed by atoms with E-state index < -0.39 is 0 Å². The summed E-state index contributed by atoms with van der Waals surface area (Å²) in [6, 6.07) is 0.393.